The molecule has 0 aromatic heterocycles. The van der Waals surface area contributed by atoms with Gasteiger partial charge in [0.2, 0.25) is 0 Å². The van der Waals surface area contributed by atoms with Crippen LogP contribution in [0.4, 0.5) is 0 Å². The number of hydrogen-bond donors (Lipinski definition) is 1. The molecule has 98 valence electrons. The molecule has 18 heavy (non-hydrogen) atoms. The second kappa shape index (κ2) is 6.25. The van der Waals surface area contributed by atoms with Gasteiger partial charge in [-0.05, 0) is 56.5 Å². The minimum absolute atomic E-state index is 0.134. The van der Waals surface area contributed by atoms with Crippen LogP contribution in [-0.4, -0.2) is 43.2 Å². The lowest BCUT2D eigenvalue weighted by Crippen LogP contribution is -2.43. The molecule has 1 aromatic carbocycles. The monoisotopic (exact) mass is 264 g/mol. The van der Waals surface area contributed by atoms with E-state index in [1.807, 2.05) is 42.5 Å². The first-order valence-electron chi connectivity index (χ1n) is 6.34. The summed E-state index contributed by atoms with van der Waals surface area (Å²) in [6, 6.07) is 8.23. The van der Waals surface area contributed by atoms with Crippen LogP contribution in [0, 0.1) is 0 Å². The van der Waals surface area contributed by atoms with Gasteiger partial charge >= 0.3 is 0 Å². The molecular formula is C14H20N2OS. The molecule has 2 rings (SSSR count). The van der Waals surface area contributed by atoms with Crippen molar-refractivity contribution >= 4 is 17.7 Å². The van der Waals surface area contributed by atoms with E-state index in [2.05, 4.69) is 5.32 Å². The number of benzene rings is 1. The van der Waals surface area contributed by atoms with Crippen LogP contribution >= 0.6 is 11.8 Å². The molecule has 0 spiro atoms. The van der Waals surface area contributed by atoms with Gasteiger partial charge in [0.05, 0.1) is 0 Å². The Morgan fingerprint density at radius 1 is 1.28 bits per heavy atom. The maximum atomic E-state index is 12.3. The van der Waals surface area contributed by atoms with Crippen LogP contribution in [0.25, 0.3) is 0 Å². The van der Waals surface area contributed by atoms with Gasteiger partial charge in [-0.15, -0.1) is 11.8 Å². The SMILES string of the molecule is CSc1ccc(C(=O)N(C)C2CCNCC2)cc1. The highest BCUT2D eigenvalue weighted by atomic mass is 32.2. The molecule has 3 nitrogen and oxygen atoms in total. The first-order valence-corrected chi connectivity index (χ1v) is 7.57. The summed E-state index contributed by atoms with van der Waals surface area (Å²) in [5.41, 5.74) is 0.786. The standard InChI is InChI=1S/C14H20N2OS/c1-16(12-7-9-15-10-8-12)14(17)11-3-5-13(18-2)6-4-11/h3-6,12,15H,7-10H2,1-2H3. The molecule has 0 radical (unpaired) electrons. The zero-order valence-corrected chi connectivity index (χ0v) is 11.8. The maximum Gasteiger partial charge on any atom is 0.253 e. The number of thioether (sulfide) groups is 1. The van der Waals surface area contributed by atoms with Gasteiger partial charge in [-0.1, -0.05) is 0 Å². The molecule has 1 heterocycles. The summed E-state index contributed by atoms with van der Waals surface area (Å²) in [6.07, 6.45) is 4.13. The van der Waals surface area contributed by atoms with Crippen molar-refractivity contribution in [2.24, 2.45) is 0 Å². The number of carbonyl (C=O) groups is 1. The molecule has 1 N–H and O–H groups in total. The average molecular weight is 264 g/mol. The minimum Gasteiger partial charge on any atom is -0.339 e. The molecule has 1 amide bonds. The molecule has 0 saturated carbocycles. The topological polar surface area (TPSA) is 32.3 Å². The fourth-order valence-corrected chi connectivity index (χ4v) is 2.71. The van der Waals surface area contributed by atoms with E-state index < -0.39 is 0 Å². The molecule has 0 unspecified atom stereocenters. The van der Waals surface area contributed by atoms with Crippen LogP contribution in [0.3, 0.4) is 0 Å². The van der Waals surface area contributed by atoms with Gasteiger partial charge in [0.15, 0.2) is 0 Å². The zero-order valence-electron chi connectivity index (χ0n) is 11.0. The second-order valence-electron chi connectivity index (χ2n) is 4.63. The zero-order chi connectivity index (χ0) is 13.0. The Morgan fingerprint density at radius 3 is 2.44 bits per heavy atom. The summed E-state index contributed by atoms with van der Waals surface area (Å²) in [4.78, 5) is 15.4. The van der Waals surface area contributed by atoms with E-state index in [0.29, 0.717) is 6.04 Å². The lowest BCUT2D eigenvalue weighted by atomic mass is 10.0. The third-order valence-corrected chi connectivity index (χ3v) is 4.26. The van der Waals surface area contributed by atoms with Crippen LogP contribution in [0.1, 0.15) is 23.2 Å². The Labute approximate surface area is 113 Å². The number of piperidine rings is 1. The van der Waals surface area contributed by atoms with Crippen LogP contribution in [-0.2, 0) is 0 Å². The van der Waals surface area contributed by atoms with Crippen LogP contribution < -0.4 is 5.32 Å². The summed E-state index contributed by atoms with van der Waals surface area (Å²) < 4.78 is 0. The van der Waals surface area contributed by atoms with Crippen molar-refractivity contribution in [3.05, 3.63) is 29.8 Å². The van der Waals surface area contributed by atoms with Crippen molar-refractivity contribution in [1.29, 1.82) is 0 Å². The van der Waals surface area contributed by atoms with Crippen molar-refractivity contribution < 1.29 is 4.79 Å². The molecule has 1 fully saturated rings. The Bertz CT molecular complexity index is 399. The Morgan fingerprint density at radius 2 is 1.89 bits per heavy atom. The predicted octanol–water partition coefficient (Wildman–Crippen LogP) is 2.23. The largest absolute Gasteiger partial charge is 0.339 e. The molecule has 1 aliphatic heterocycles. The van der Waals surface area contributed by atoms with Gasteiger partial charge in [-0.3, -0.25) is 4.79 Å². The summed E-state index contributed by atoms with van der Waals surface area (Å²) >= 11 is 1.69. The van der Waals surface area contributed by atoms with Gasteiger partial charge in [-0.25, -0.2) is 0 Å². The minimum atomic E-state index is 0.134. The second-order valence-corrected chi connectivity index (χ2v) is 5.51. The van der Waals surface area contributed by atoms with Gasteiger partial charge < -0.3 is 10.2 Å². The normalized spacial score (nSPS) is 16.6. The molecular weight excluding hydrogens is 244 g/mol. The van der Waals surface area contributed by atoms with Crippen LogP contribution in [0.15, 0.2) is 29.2 Å². The Hall–Kier alpha value is -1.00. The van der Waals surface area contributed by atoms with E-state index in [9.17, 15) is 4.79 Å². The van der Waals surface area contributed by atoms with Crippen LogP contribution in [0.5, 0.6) is 0 Å². The number of nitrogens with one attached hydrogen (secondary N) is 1. The smallest absolute Gasteiger partial charge is 0.253 e. The fourth-order valence-electron chi connectivity index (χ4n) is 2.30. The summed E-state index contributed by atoms with van der Waals surface area (Å²) in [6.45, 7) is 2.02. The molecule has 0 bridgehead atoms. The van der Waals surface area contributed by atoms with E-state index in [1.54, 1.807) is 11.8 Å². The molecule has 1 aromatic rings. The highest BCUT2D eigenvalue weighted by Gasteiger charge is 2.22. The van der Waals surface area contributed by atoms with E-state index in [1.165, 1.54) is 4.90 Å². The fraction of sp³-hybridized carbons (Fsp3) is 0.500. The third-order valence-electron chi connectivity index (χ3n) is 3.51. The van der Waals surface area contributed by atoms with Crippen molar-refractivity contribution in [2.75, 3.05) is 26.4 Å². The predicted molar refractivity (Wildman–Crippen MR) is 76.2 cm³/mol. The van der Waals surface area contributed by atoms with Gasteiger partial charge in [0, 0.05) is 23.5 Å². The van der Waals surface area contributed by atoms with Crippen molar-refractivity contribution in [3.8, 4) is 0 Å². The number of hydrogen-bond acceptors (Lipinski definition) is 3. The van der Waals surface area contributed by atoms with Gasteiger partial charge in [-0.2, -0.15) is 0 Å². The van der Waals surface area contributed by atoms with Gasteiger partial charge in [0.1, 0.15) is 0 Å². The quantitative estimate of drug-likeness (QED) is 0.850. The molecule has 0 aliphatic carbocycles. The van der Waals surface area contributed by atoms with Crippen molar-refractivity contribution in [3.63, 3.8) is 0 Å². The lowest BCUT2D eigenvalue weighted by molar-refractivity contribution is 0.0703. The molecule has 1 saturated heterocycles. The maximum absolute atomic E-state index is 12.3. The molecule has 4 heteroatoms. The molecule has 1 aliphatic rings. The van der Waals surface area contributed by atoms with E-state index in [0.717, 1.165) is 31.5 Å². The highest BCUT2D eigenvalue weighted by molar-refractivity contribution is 7.98. The van der Waals surface area contributed by atoms with Crippen LogP contribution in [0.2, 0.25) is 0 Å². The highest BCUT2D eigenvalue weighted by Crippen LogP contribution is 2.17. The third kappa shape index (κ3) is 3.06. The summed E-state index contributed by atoms with van der Waals surface area (Å²) in [5, 5.41) is 3.32. The Balaban J connectivity index is 2.04. The van der Waals surface area contributed by atoms with E-state index in [4.69, 9.17) is 0 Å². The number of carbonyl (C=O) groups excluding carboxylic acids is 1. The number of nitrogens with zero attached hydrogens (tertiary/aromatic N) is 1. The molecule has 0 atom stereocenters. The van der Waals surface area contributed by atoms with Crippen molar-refractivity contribution in [1.82, 2.24) is 10.2 Å². The Kier molecular flexibility index (Phi) is 4.66. The van der Waals surface area contributed by atoms with E-state index >= 15 is 0 Å². The first-order chi connectivity index (χ1) is 8.72. The van der Waals surface area contributed by atoms with E-state index in [-0.39, 0.29) is 5.91 Å². The number of amides is 1. The first kappa shape index (κ1) is 13.4. The van der Waals surface area contributed by atoms with Crippen molar-refractivity contribution in [2.45, 2.75) is 23.8 Å². The van der Waals surface area contributed by atoms with Gasteiger partial charge in [0.25, 0.3) is 5.91 Å². The average Bonchev–Trinajstić information content (AvgIpc) is 2.47. The summed E-state index contributed by atoms with van der Waals surface area (Å²) in [5.74, 6) is 0.134. The lowest BCUT2D eigenvalue weighted by Gasteiger charge is -2.31. The summed E-state index contributed by atoms with van der Waals surface area (Å²) in [7, 11) is 1.92. The number of rotatable bonds is 3.